The number of nitrogens with one attached hydrogen (secondary N) is 1. The highest BCUT2D eigenvalue weighted by molar-refractivity contribution is 5.53. The molecule has 0 saturated carbocycles. The average molecular weight is 289 g/mol. The van der Waals surface area contributed by atoms with Gasteiger partial charge >= 0.3 is 0 Å². The standard InChI is InChI=1S/C15H23N5O/c1-11(2)9-21-15-13(16)4-5-14(19-15)18-12(3)8-20-7-6-17-10-20/h4-7,10-12H,8-9,16H2,1-3H3,(H,18,19). The first-order valence-electron chi connectivity index (χ1n) is 7.16. The number of nitrogens with zero attached hydrogens (tertiary/aromatic N) is 3. The van der Waals surface area contributed by atoms with E-state index in [4.69, 9.17) is 10.5 Å². The van der Waals surface area contributed by atoms with E-state index in [9.17, 15) is 0 Å². The van der Waals surface area contributed by atoms with Crippen molar-refractivity contribution in [2.45, 2.75) is 33.4 Å². The summed E-state index contributed by atoms with van der Waals surface area (Å²) in [6.45, 7) is 7.68. The zero-order chi connectivity index (χ0) is 15.2. The molecule has 0 aliphatic rings. The Hall–Kier alpha value is -2.24. The van der Waals surface area contributed by atoms with E-state index >= 15 is 0 Å². The number of pyridine rings is 1. The second kappa shape index (κ2) is 6.97. The second-order valence-electron chi connectivity index (χ2n) is 5.60. The normalized spacial score (nSPS) is 12.4. The van der Waals surface area contributed by atoms with Crippen LogP contribution in [0.5, 0.6) is 5.88 Å². The van der Waals surface area contributed by atoms with Gasteiger partial charge in [-0.1, -0.05) is 13.8 Å². The second-order valence-corrected chi connectivity index (χ2v) is 5.60. The lowest BCUT2D eigenvalue weighted by Crippen LogP contribution is -2.22. The maximum Gasteiger partial charge on any atom is 0.239 e. The Morgan fingerprint density at radius 1 is 1.33 bits per heavy atom. The SMILES string of the molecule is CC(C)COc1nc(NC(C)Cn2ccnc2)ccc1N. The van der Waals surface area contributed by atoms with E-state index in [0.717, 1.165) is 12.4 Å². The Kier molecular flexibility index (Phi) is 5.03. The minimum absolute atomic E-state index is 0.216. The van der Waals surface area contributed by atoms with Gasteiger partial charge in [-0.2, -0.15) is 4.98 Å². The number of hydrogen-bond acceptors (Lipinski definition) is 5. The number of imidazole rings is 1. The number of nitrogens with two attached hydrogens (primary N) is 1. The first-order valence-corrected chi connectivity index (χ1v) is 7.16. The van der Waals surface area contributed by atoms with Gasteiger partial charge in [0, 0.05) is 25.0 Å². The van der Waals surface area contributed by atoms with Crippen LogP contribution in [0.2, 0.25) is 0 Å². The molecule has 0 bridgehead atoms. The van der Waals surface area contributed by atoms with Crippen LogP contribution in [-0.2, 0) is 6.54 Å². The average Bonchev–Trinajstić information content (AvgIpc) is 2.92. The molecule has 2 heterocycles. The van der Waals surface area contributed by atoms with Crippen LogP contribution in [0.15, 0.2) is 30.9 Å². The lowest BCUT2D eigenvalue weighted by atomic mass is 10.2. The molecule has 0 radical (unpaired) electrons. The van der Waals surface area contributed by atoms with Crippen molar-refractivity contribution in [3.63, 3.8) is 0 Å². The summed E-state index contributed by atoms with van der Waals surface area (Å²) in [6.07, 6.45) is 5.50. The Morgan fingerprint density at radius 3 is 2.81 bits per heavy atom. The molecule has 2 rings (SSSR count). The fourth-order valence-corrected chi connectivity index (χ4v) is 1.90. The van der Waals surface area contributed by atoms with Crippen molar-refractivity contribution in [3.8, 4) is 5.88 Å². The third-order valence-electron chi connectivity index (χ3n) is 2.88. The molecule has 0 aliphatic carbocycles. The Labute approximate surface area is 125 Å². The third kappa shape index (κ3) is 4.66. The third-order valence-corrected chi connectivity index (χ3v) is 2.88. The number of ether oxygens (including phenoxy) is 1. The molecule has 6 heteroatoms. The van der Waals surface area contributed by atoms with E-state index in [2.05, 4.69) is 36.1 Å². The number of anilines is 2. The zero-order valence-electron chi connectivity index (χ0n) is 12.8. The van der Waals surface area contributed by atoms with Crippen LogP contribution in [0.4, 0.5) is 11.5 Å². The molecule has 3 N–H and O–H groups in total. The van der Waals surface area contributed by atoms with E-state index in [1.165, 1.54) is 0 Å². The first kappa shape index (κ1) is 15.2. The molecule has 0 fully saturated rings. The maximum absolute atomic E-state index is 5.89. The van der Waals surface area contributed by atoms with Crippen molar-refractivity contribution in [3.05, 3.63) is 30.9 Å². The predicted octanol–water partition coefficient (Wildman–Crippen LogP) is 2.40. The molecule has 0 aliphatic heterocycles. The van der Waals surface area contributed by atoms with Crippen LogP contribution >= 0.6 is 0 Å². The number of aromatic nitrogens is 3. The fourth-order valence-electron chi connectivity index (χ4n) is 1.90. The van der Waals surface area contributed by atoms with E-state index in [-0.39, 0.29) is 6.04 Å². The summed E-state index contributed by atoms with van der Waals surface area (Å²) in [5.74, 6) is 1.68. The molecule has 21 heavy (non-hydrogen) atoms. The summed E-state index contributed by atoms with van der Waals surface area (Å²) in [5.41, 5.74) is 6.45. The van der Waals surface area contributed by atoms with Gasteiger partial charge in [0.05, 0.1) is 18.6 Å². The van der Waals surface area contributed by atoms with Crippen LogP contribution < -0.4 is 15.8 Å². The van der Waals surface area contributed by atoms with Gasteiger partial charge in [-0.25, -0.2) is 4.98 Å². The summed E-state index contributed by atoms with van der Waals surface area (Å²) in [7, 11) is 0. The van der Waals surface area contributed by atoms with Crippen molar-refractivity contribution >= 4 is 11.5 Å². The minimum Gasteiger partial charge on any atom is -0.476 e. The number of nitrogen functional groups attached to an aromatic ring is 1. The predicted molar refractivity (Wildman–Crippen MR) is 84.3 cm³/mol. The first-order chi connectivity index (χ1) is 10.0. The van der Waals surface area contributed by atoms with Gasteiger partial charge in [-0.05, 0) is 25.0 Å². The van der Waals surface area contributed by atoms with Gasteiger partial charge in [0.2, 0.25) is 5.88 Å². The van der Waals surface area contributed by atoms with E-state index in [0.29, 0.717) is 24.1 Å². The van der Waals surface area contributed by atoms with Gasteiger partial charge in [0.25, 0.3) is 0 Å². The van der Waals surface area contributed by atoms with Crippen LogP contribution in [0.1, 0.15) is 20.8 Å². The van der Waals surface area contributed by atoms with Crippen molar-refractivity contribution in [2.75, 3.05) is 17.7 Å². The Bertz CT molecular complexity index is 553. The summed E-state index contributed by atoms with van der Waals surface area (Å²) in [5, 5.41) is 3.34. The topological polar surface area (TPSA) is 78.0 Å². The molecule has 0 spiro atoms. The fraction of sp³-hybridized carbons (Fsp3) is 0.467. The molecule has 2 aromatic heterocycles. The molecule has 6 nitrogen and oxygen atoms in total. The Morgan fingerprint density at radius 2 is 2.14 bits per heavy atom. The molecular formula is C15H23N5O. The van der Waals surface area contributed by atoms with Crippen molar-refractivity contribution in [2.24, 2.45) is 5.92 Å². The summed E-state index contributed by atoms with van der Waals surface area (Å²) >= 11 is 0. The minimum atomic E-state index is 0.216. The molecule has 0 aromatic carbocycles. The van der Waals surface area contributed by atoms with E-state index in [1.807, 2.05) is 22.9 Å². The number of hydrogen-bond donors (Lipinski definition) is 2. The molecular weight excluding hydrogens is 266 g/mol. The van der Waals surface area contributed by atoms with E-state index in [1.54, 1.807) is 12.5 Å². The Balaban J connectivity index is 1.97. The highest BCUT2D eigenvalue weighted by atomic mass is 16.5. The monoisotopic (exact) mass is 289 g/mol. The lowest BCUT2D eigenvalue weighted by molar-refractivity contribution is 0.263. The van der Waals surface area contributed by atoms with Crippen molar-refractivity contribution in [1.29, 1.82) is 0 Å². The molecule has 1 atom stereocenters. The van der Waals surface area contributed by atoms with Crippen molar-refractivity contribution < 1.29 is 4.74 Å². The van der Waals surface area contributed by atoms with Crippen LogP contribution in [0.3, 0.4) is 0 Å². The van der Waals surface area contributed by atoms with Crippen molar-refractivity contribution in [1.82, 2.24) is 14.5 Å². The van der Waals surface area contributed by atoms with Crippen LogP contribution in [0, 0.1) is 5.92 Å². The van der Waals surface area contributed by atoms with Gasteiger partial charge in [-0.15, -0.1) is 0 Å². The van der Waals surface area contributed by atoms with Gasteiger partial charge in [0.1, 0.15) is 5.82 Å². The molecule has 2 aromatic rings. The summed E-state index contributed by atoms with van der Waals surface area (Å²) in [6, 6.07) is 3.89. The van der Waals surface area contributed by atoms with E-state index < -0.39 is 0 Å². The zero-order valence-corrected chi connectivity index (χ0v) is 12.8. The van der Waals surface area contributed by atoms with Crippen LogP contribution in [0.25, 0.3) is 0 Å². The maximum atomic E-state index is 5.89. The van der Waals surface area contributed by atoms with Gasteiger partial charge in [0.15, 0.2) is 0 Å². The summed E-state index contributed by atoms with van der Waals surface area (Å²) in [4.78, 5) is 8.46. The van der Waals surface area contributed by atoms with Gasteiger partial charge < -0.3 is 20.4 Å². The quantitative estimate of drug-likeness (QED) is 0.818. The molecule has 0 amide bonds. The molecule has 1 unspecified atom stereocenters. The smallest absolute Gasteiger partial charge is 0.239 e. The molecule has 114 valence electrons. The highest BCUT2D eigenvalue weighted by Gasteiger charge is 2.08. The van der Waals surface area contributed by atoms with Crippen LogP contribution in [-0.4, -0.2) is 27.2 Å². The van der Waals surface area contributed by atoms with Gasteiger partial charge in [-0.3, -0.25) is 0 Å². The molecule has 0 saturated heterocycles. The lowest BCUT2D eigenvalue weighted by Gasteiger charge is -2.16. The summed E-state index contributed by atoms with van der Waals surface area (Å²) < 4.78 is 7.65. The highest BCUT2D eigenvalue weighted by Crippen LogP contribution is 2.21. The number of rotatable bonds is 7. The largest absolute Gasteiger partial charge is 0.476 e.